The molecule has 5 heterocycles. The zero-order chi connectivity index (χ0) is 32.1. The van der Waals surface area contributed by atoms with Gasteiger partial charge in [0.05, 0.1) is 28.5 Å². The van der Waals surface area contributed by atoms with Crippen LogP contribution in [0.25, 0.3) is 22.0 Å². The van der Waals surface area contributed by atoms with E-state index in [4.69, 9.17) is 38.1 Å². The van der Waals surface area contributed by atoms with Gasteiger partial charge in [0.2, 0.25) is 0 Å². The number of hydrogen-bond acceptors (Lipinski definition) is 6. The van der Waals surface area contributed by atoms with Crippen molar-refractivity contribution < 1.29 is 14.6 Å². The lowest BCUT2D eigenvalue weighted by Gasteiger charge is -2.16. The molecule has 0 aliphatic carbocycles. The Hall–Kier alpha value is -3.05. The van der Waals surface area contributed by atoms with E-state index in [2.05, 4.69) is 10.7 Å². The fraction of sp³-hybridized carbons (Fsp3) is 0.382. The summed E-state index contributed by atoms with van der Waals surface area (Å²) in [4.78, 5) is 13.8. The molecular weight excluding hydrogens is 661 g/mol. The largest absolute Gasteiger partial charge is 0.493 e. The summed E-state index contributed by atoms with van der Waals surface area (Å²) in [5, 5.41) is 22.5. The van der Waals surface area contributed by atoms with Gasteiger partial charge in [0, 0.05) is 75.7 Å². The van der Waals surface area contributed by atoms with E-state index in [0.717, 1.165) is 92.4 Å². The van der Waals surface area contributed by atoms with Crippen molar-refractivity contribution in [1.82, 2.24) is 24.1 Å². The predicted octanol–water partition coefficient (Wildman–Crippen LogP) is 8.48. The molecule has 0 atom stereocenters. The van der Waals surface area contributed by atoms with Gasteiger partial charge in [-0.1, -0.05) is 29.3 Å². The van der Waals surface area contributed by atoms with Gasteiger partial charge in [0.25, 0.3) is 0 Å². The van der Waals surface area contributed by atoms with Crippen molar-refractivity contribution in [2.45, 2.75) is 67.7 Å². The number of aromatic nitrogens is 5. The number of carboxylic acids is 1. The highest BCUT2D eigenvalue weighted by Crippen LogP contribution is 2.44. The molecule has 0 saturated carbocycles. The average molecular weight is 697 g/mol. The number of hydrogen-bond donors (Lipinski definition) is 1. The van der Waals surface area contributed by atoms with Crippen molar-refractivity contribution in [2.75, 3.05) is 6.61 Å². The first-order chi connectivity index (χ1) is 22.2. The molecule has 2 aliphatic heterocycles. The Bertz CT molecular complexity index is 2000. The first kappa shape index (κ1) is 31.5. The molecule has 7 rings (SSSR count). The maximum absolute atomic E-state index is 12.7. The molecule has 240 valence electrons. The van der Waals surface area contributed by atoms with E-state index in [0.29, 0.717) is 41.0 Å². The van der Waals surface area contributed by atoms with Crippen LogP contribution in [-0.4, -0.2) is 41.8 Å². The molecule has 3 aromatic heterocycles. The Morgan fingerprint density at radius 2 is 1.83 bits per heavy atom. The summed E-state index contributed by atoms with van der Waals surface area (Å²) < 4.78 is 12.1. The molecule has 46 heavy (non-hydrogen) atoms. The minimum atomic E-state index is -0.958. The van der Waals surface area contributed by atoms with E-state index < -0.39 is 5.97 Å². The molecule has 1 N–H and O–H groups in total. The van der Waals surface area contributed by atoms with Gasteiger partial charge in [-0.25, -0.2) is 4.79 Å². The summed E-state index contributed by atoms with van der Waals surface area (Å²) in [6.07, 6.45) is 4.25. The van der Waals surface area contributed by atoms with E-state index in [1.54, 1.807) is 23.5 Å². The van der Waals surface area contributed by atoms with Crippen LogP contribution < -0.4 is 4.74 Å². The van der Waals surface area contributed by atoms with Crippen LogP contribution in [0.5, 0.6) is 5.75 Å². The lowest BCUT2D eigenvalue weighted by atomic mass is 9.95. The van der Waals surface area contributed by atoms with Crippen molar-refractivity contribution in [1.29, 1.82) is 0 Å². The van der Waals surface area contributed by atoms with Gasteiger partial charge in [-0.3, -0.25) is 9.36 Å². The van der Waals surface area contributed by atoms with Crippen molar-refractivity contribution >= 4 is 63.6 Å². The molecule has 2 aliphatic rings. The summed E-state index contributed by atoms with van der Waals surface area (Å²) in [6, 6.07) is 9.95. The Labute approximate surface area is 286 Å². The Balaban J connectivity index is 1.36. The minimum absolute atomic E-state index is 0.278. The van der Waals surface area contributed by atoms with Crippen molar-refractivity contribution in [2.24, 2.45) is 14.1 Å². The zero-order valence-corrected chi connectivity index (χ0v) is 29.2. The first-order valence-corrected chi connectivity index (χ1v) is 18.4. The summed E-state index contributed by atoms with van der Waals surface area (Å²) >= 11 is 17.2. The molecule has 0 fully saturated rings. The predicted molar refractivity (Wildman–Crippen MR) is 187 cm³/mol. The number of nitrogens with zero attached hydrogens (tertiary/aromatic N) is 5. The topological polar surface area (TPSA) is 87.1 Å². The fourth-order valence-corrected chi connectivity index (χ4v) is 9.24. The first-order valence-electron chi connectivity index (χ1n) is 15.5. The van der Waals surface area contributed by atoms with E-state index in [1.165, 1.54) is 5.69 Å². The summed E-state index contributed by atoms with van der Waals surface area (Å²) in [5.41, 5.74) is 9.15. The van der Waals surface area contributed by atoms with Crippen LogP contribution in [0.15, 0.2) is 35.2 Å². The number of aryl methyl sites for hydroxylation is 4. The molecule has 0 unspecified atom stereocenters. The van der Waals surface area contributed by atoms with Gasteiger partial charge in [-0.2, -0.15) is 10.2 Å². The zero-order valence-electron chi connectivity index (χ0n) is 26.0. The number of carboxylic acid groups (broad SMARTS) is 1. The minimum Gasteiger partial charge on any atom is -0.493 e. The second kappa shape index (κ2) is 12.9. The molecule has 8 bridgehead atoms. The second-order valence-electron chi connectivity index (χ2n) is 12.0. The standard InChI is InChI=1S/C34H35Cl2N5O3S2/c1-19-26(36)14-22-15-29(19)46-17-21-13-20(37-40(21)3)16-45-18-27-31(28-8-4-5-11-41(28)38-27)30-25(35)10-9-24-23(7-6-12-44-22)33(34(42)43)39(2)32(24)30/h9-10,13-15H,4-8,11-12,16-18H2,1-3H3,(H,42,43). The third-order valence-corrected chi connectivity index (χ3v) is 11.9. The molecule has 5 aromatic rings. The number of benzene rings is 2. The number of ether oxygens (including phenoxy) is 1. The maximum Gasteiger partial charge on any atom is 0.352 e. The lowest BCUT2D eigenvalue weighted by molar-refractivity contribution is 0.0685. The van der Waals surface area contributed by atoms with E-state index in [9.17, 15) is 9.90 Å². The maximum atomic E-state index is 12.7. The fourth-order valence-electron chi connectivity index (χ4n) is 6.78. The highest BCUT2D eigenvalue weighted by atomic mass is 35.5. The van der Waals surface area contributed by atoms with E-state index >= 15 is 0 Å². The third-order valence-electron chi connectivity index (χ3n) is 9.03. The molecule has 2 aromatic carbocycles. The summed E-state index contributed by atoms with van der Waals surface area (Å²) in [7, 11) is 3.83. The number of carbonyl (C=O) groups is 1. The smallest absolute Gasteiger partial charge is 0.352 e. The van der Waals surface area contributed by atoms with Crippen molar-refractivity contribution in [3.63, 3.8) is 0 Å². The van der Waals surface area contributed by atoms with Gasteiger partial charge < -0.3 is 14.4 Å². The highest BCUT2D eigenvalue weighted by molar-refractivity contribution is 7.98. The average Bonchev–Trinajstić information content (AvgIpc) is 3.66. The quantitative estimate of drug-likeness (QED) is 0.188. The van der Waals surface area contributed by atoms with Gasteiger partial charge in [0.1, 0.15) is 11.4 Å². The SMILES string of the molecule is Cc1c(Cl)cc2cc1SCc1cc(nn1C)CSCc1nn3c(c1-c1c(Cl)ccc4c(c(C(=O)O)n(C)c14)CCCO2)CCCC3. The van der Waals surface area contributed by atoms with Gasteiger partial charge in [0.15, 0.2) is 0 Å². The molecule has 12 heteroatoms. The van der Waals surface area contributed by atoms with Crippen molar-refractivity contribution in [3.8, 4) is 16.9 Å². The highest BCUT2D eigenvalue weighted by Gasteiger charge is 2.29. The van der Waals surface area contributed by atoms with Gasteiger partial charge in [-0.05, 0) is 74.4 Å². The Morgan fingerprint density at radius 3 is 2.65 bits per heavy atom. The second-order valence-corrected chi connectivity index (χ2v) is 14.8. The normalized spacial score (nSPS) is 15.7. The van der Waals surface area contributed by atoms with Crippen LogP contribution in [0.1, 0.15) is 63.7 Å². The molecule has 0 spiro atoms. The van der Waals surface area contributed by atoms with Crippen LogP contribution in [0.2, 0.25) is 10.0 Å². The monoisotopic (exact) mass is 695 g/mol. The van der Waals surface area contributed by atoms with Crippen LogP contribution in [0.3, 0.4) is 0 Å². The number of rotatable bonds is 1. The van der Waals surface area contributed by atoms with Gasteiger partial charge >= 0.3 is 5.97 Å². The summed E-state index contributed by atoms with van der Waals surface area (Å²) in [5.74, 6) is 1.93. The number of halogens is 2. The number of aromatic carboxylic acids is 1. The molecule has 8 nitrogen and oxygen atoms in total. The molecular formula is C34H35Cl2N5O3S2. The van der Waals surface area contributed by atoms with Crippen molar-refractivity contribution in [3.05, 3.63) is 80.0 Å². The number of fused-ring (bicyclic) bond motifs is 8. The van der Waals surface area contributed by atoms with E-state index in [1.807, 2.05) is 54.5 Å². The molecule has 0 radical (unpaired) electrons. The Morgan fingerprint density at radius 1 is 0.978 bits per heavy atom. The van der Waals surface area contributed by atoms with Gasteiger partial charge in [-0.15, -0.1) is 23.5 Å². The lowest BCUT2D eigenvalue weighted by Crippen LogP contribution is -2.11. The third kappa shape index (κ3) is 5.71. The van der Waals surface area contributed by atoms with Crippen LogP contribution in [-0.2, 0) is 50.7 Å². The van der Waals surface area contributed by atoms with Crippen LogP contribution in [0, 0.1) is 6.92 Å². The Kier molecular flexibility index (Phi) is 8.82. The molecule has 0 saturated heterocycles. The number of thioether (sulfide) groups is 2. The summed E-state index contributed by atoms with van der Waals surface area (Å²) in [6.45, 7) is 3.31. The molecule has 0 amide bonds. The van der Waals surface area contributed by atoms with Crippen LogP contribution >= 0.6 is 46.7 Å². The van der Waals surface area contributed by atoms with E-state index in [-0.39, 0.29) is 5.69 Å². The van der Waals surface area contributed by atoms with Crippen LogP contribution in [0.4, 0.5) is 0 Å².